The standard InChI is InChI=1S/Fe.Mn.2H2O4S.7H2O/c;;2*1-5(2,3)4;;;;;;;/h;;2*(H2,1,2,3,4);7*1H2. The van der Waals surface area contributed by atoms with Crippen molar-refractivity contribution in [1.29, 1.82) is 0 Å². The molecule has 0 unspecified atom stereocenters. The van der Waals surface area contributed by atoms with Crippen LogP contribution in [0.4, 0.5) is 0 Å². The van der Waals surface area contributed by atoms with Gasteiger partial charge in [0.15, 0.2) is 0 Å². The minimum atomic E-state index is -4.67. The first-order valence-corrected chi connectivity index (χ1v) is 4.19. The minimum Gasteiger partial charge on any atom is -0.412 e. The van der Waals surface area contributed by atoms with Crippen LogP contribution in [0, 0.1) is 0 Å². The molecule has 19 heteroatoms. The zero-order valence-electron chi connectivity index (χ0n) is 8.47. The molecule has 0 aromatic heterocycles. The maximum Gasteiger partial charge on any atom is 0.394 e. The van der Waals surface area contributed by atoms with E-state index in [0.717, 1.165) is 0 Å². The molecule has 0 spiro atoms. The Kier molecular flexibility index (Phi) is 176. The second-order valence-electron chi connectivity index (χ2n) is 0.896. The van der Waals surface area contributed by atoms with Crippen molar-refractivity contribution in [3.05, 3.63) is 0 Å². The quantitative estimate of drug-likeness (QED) is 0.209. The van der Waals surface area contributed by atoms with Gasteiger partial charge in [0.2, 0.25) is 0 Å². The van der Waals surface area contributed by atoms with Gasteiger partial charge in [0.25, 0.3) is 0 Å². The third-order valence-electron chi connectivity index (χ3n) is 0. The van der Waals surface area contributed by atoms with Crippen LogP contribution in [0.25, 0.3) is 0 Å². The molecule has 0 amide bonds. The summed E-state index contributed by atoms with van der Waals surface area (Å²) in [6, 6.07) is 0. The predicted molar refractivity (Wildman–Crippen MR) is 53.7 cm³/mol. The molecule has 15 nitrogen and oxygen atoms in total. The Bertz CT molecular complexity index is 217. The van der Waals surface area contributed by atoms with E-state index < -0.39 is 20.8 Å². The molecule has 0 aromatic carbocycles. The van der Waals surface area contributed by atoms with E-state index in [4.69, 9.17) is 35.0 Å². The smallest absolute Gasteiger partial charge is 0.394 e. The summed E-state index contributed by atoms with van der Waals surface area (Å²) in [7, 11) is -9.33. The van der Waals surface area contributed by atoms with Crippen molar-refractivity contribution in [2.75, 3.05) is 0 Å². The Hall–Kier alpha value is 0.499. The molecule has 0 aliphatic rings. The molecule has 0 aliphatic carbocycles. The SMILES string of the molecule is O.O.O.O.O.O.O.O=S(=O)(O)O.O=S(=O)(O)O.[Fe].[Mn]. The number of hydrogen-bond donors (Lipinski definition) is 4. The minimum absolute atomic E-state index is 0. The molecule has 18 N–H and O–H groups in total. The summed E-state index contributed by atoms with van der Waals surface area (Å²) in [4.78, 5) is 0. The first kappa shape index (κ1) is 92.4. The topological polar surface area (TPSA) is 370 Å². The van der Waals surface area contributed by atoms with Crippen LogP contribution in [0.5, 0.6) is 0 Å². The van der Waals surface area contributed by atoms with Crippen LogP contribution < -0.4 is 0 Å². The molecule has 19 heavy (non-hydrogen) atoms. The summed E-state index contributed by atoms with van der Waals surface area (Å²) >= 11 is 0. The molecule has 0 saturated carbocycles. The van der Waals surface area contributed by atoms with Crippen molar-refractivity contribution >= 4 is 20.8 Å². The van der Waals surface area contributed by atoms with E-state index in [1.807, 2.05) is 0 Å². The van der Waals surface area contributed by atoms with Gasteiger partial charge in [0.1, 0.15) is 0 Å². The van der Waals surface area contributed by atoms with E-state index in [-0.39, 0.29) is 72.5 Å². The first-order valence-electron chi connectivity index (χ1n) is 1.40. The zero-order valence-corrected chi connectivity index (χ0v) is 12.4. The van der Waals surface area contributed by atoms with E-state index in [2.05, 4.69) is 0 Å². The summed E-state index contributed by atoms with van der Waals surface area (Å²) in [6.07, 6.45) is 0. The average Bonchev–Trinajstić information content (AvgIpc) is 1.12. The van der Waals surface area contributed by atoms with Crippen molar-refractivity contribution in [3.8, 4) is 0 Å². The first-order chi connectivity index (χ1) is 4.00. The van der Waals surface area contributed by atoms with Gasteiger partial charge >= 0.3 is 20.8 Å². The molecule has 0 atom stereocenters. The molecular weight excluding hydrogens is 415 g/mol. The Balaban J connectivity index is -0.00000000508. The van der Waals surface area contributed by atoms with E-state index >= 15 is 0 Å². The van der Waals surface area contributed by atoms with Crippen LogP contribution >= 0.6 is 0 Å². The van der Waals surface area contributed by atoms with Crippen LogP contribution in [-0.2, 0) is 54.9 Å². The van der Waals surface area contributed by atoms with Gasteiger partial charge in [-0.1, -0.05) is 0 Å². The number of hydrogen-bond acceptors (Lipinski definition) is 4. The predicted octanol–water partition coefficient (Wildman–Crippen LogP) is -7.08. The van der Waals surface area contributed by atoms with Crippen LogP contribution in [0.2, 0.25) is 0 Å². The van der Waals surface area contributed by atoms with E-state index in [1.54, 1.807) is 0 Å². The Labute approximate surface area is 128 Å². The fraction of sp³-hybridized carbons (Fsp3) is 0. The normalized spacial score (nSPS) is 6.11. The second kappa shape index (κ2) is 36.3. The van der Waals surface area contributed by atoms with Crippen molar-refractivity contribution in [2.24, 2.45) is 0 Å². The van der Waals surface area contributed by atoms with Crippen LogP contribution in [-0.4, -0.2) is 73.4 Å². The van der Waals surface area contributed by atoms with Gasteiger partial charge in [0, 0.05) is 34.1 Å². The maximum atomic E-state index is 8.74. The molecule has 0 rings (SSSR count). The molecule has 0 fully saturated rings. The van der Waals surface area contributed by atoms with Crippen LogP contribution in [0.3, 0.4) is 0 Å². The van der Waals surface area contributed by atoms with Crippen molar-refractivity contribution in [3.63, 3.8) is 0 Å². The molecule has 0 bridgehead atoms. The van der Waals surface area contributed by atoms with Gasteiger partial charge in [-0.25, -0.2) is 0 Å². The van der Waals surface area contributed by atoms with Crippen LogP contribution in [0.1, 0.15) is 0 Å². The second-order valence-corrected chi connectivity index (χ2v) is 2.69. The molecule has 0 heterocycles. The van der Waals surface area contributed by atoms with Gasteiger partial charge in [-0.2, -0.15) is 16.8 Å². The Morgan fingerprint density at radius 1 is 0.474 bits per heavy atom. The molecular formula is H18FeMnO15S2. The molecule has 0 aliphatic heterocycles. The van der Waals surface area contributed by atoms with E-state index in [1.165, 1.54) is 0 Å². The van der Waals surface area contributed by atoms with Gasteiger partial charge in [-0.3, -0.25) is 18.2 Å². The third-order valence-corrected chi connectivity index (χ3v) is 0. The van der Waals surface area contributed by atoms with Crippen LogP contribution in [0.15, 0.2) is 0 Å². The molecule has 1 radical (unpaired) electrons. The zero-order chi connectivity index (χ0) is 9.00. The number of rotatable bonds is 0. The fourth-order valence-corrected chi connectivity index (χ4v) is 0. The molecule has 0 aromatic rings. The maximum absolute atomic E-state index is 8.74. The van der Waals surface area contributed by atoms with E-state index in [0.29, 0.717) is 0 Å². The molecule has 135 valence electrons. The summed E-state index contributed by atoms with van der Waals surface area (Å²) < 4.78 is 63.2. The van der Waals surface area contributed by atoms with Gasteiger partial charge < -0.3 is 38.3 Å². The van der Waals surface area contributed by atoms with Gasteiger partial charge in [0.05, 0.1) is 0 Å². The van der Waals surface area contributed by atoms with E-state index in [9.17, 15) is 0 Å². The fourth-order valence-electron chi connectivity index (χ4n) is 0. The summed E-state index contributed by atoms with van der Waals surface area (Å²) in [5.74, 6) is 0. The largest absolute Gasteiger partial charge is 0.412 e. The van der Waals surface area contributed by atoms with Gasteiger partial charge in [-0.15, -0.1) is 0 Å². The summed E-state index contributed by atoms with van der Waals surface area (Å²) in [5.41, 5.74) is 0. The Morgan fingerprint density at radius 2 is 0.474 bits per heavy atom. The average molecular weight is 433 g/mol. The summed E-state index contributed by atoms with van der Waals surface area (Å²) in [6.45, 7) is 0. The molecule has 0 saturated heterocycles. The van der Waals surface area contributed by atoms with Crippen molar-refractivity contribution in [1.82, 2.24) is 0 Å². The van der Waals surface area contributed by atoms with Crippen molar-refractivity contribution < 1.29 is 108 Å². The summed E-state index contributed by atoms with van der Waals surface area (Å²) in [5, 5.41) is 0. The third kappa shape index (κ3) is 20200. The Morgan fingerprint density at radius 3 is 0.474 bits per heavy atom. The monoisotopic (exact) mass is 433 g/mol. The van der Waals surface area contributed by atoms with Gasteiger partial charge in [-0.05, 0) is 0 Å². The van der Waals surface area contributed by atoms with Crippen molar-refractivity contribution in [2.45, 2.75) is 0 Å².